The van der Waals surface area contributed by atoms with Gasteiger partial charge in [-0.2, -0.15) is 0 Å². The van der Waals surface area contributed by atoms with Crippen LogP contribution >= 0.6 is 23.2 Å². The second kappa shape index (κ2) is 25.1. The fourth-order valence-electron chi connectivity index (χ4n) is 6.29. The SMILES string of the molecule is CCOc1ccc(Cc2cc(C(O)[C@H](O)[C@@H](O)[C@H](O)[C@@H](O)CO)ccc2Cl)cc1.OC[C@H](O)[C@@H](O)[C@H](O)[C@@H](O)C(O)c1ccc(Cl)c(Cc2ccc(OCCOC3CC3)cc2)c1. The smallest absolute Gasteiger partial charge is 0.119 e. The normalized spacial score (nSPS) is 17.6. The van der Waals surface area contributed by atoms with Crippen LogP contribution in [0.5, 0.6) is 11.5 Å². The molecule has 12 N–H and O–H groups in total. The van der Waals surface area contributed by atoms with Crippen molar-refractivity contribution in [1.29, 1.82) is 0 Å². The summed E-state index contributed by atoms with van der Waals surface area (Å²) < 4.78 is 16.6. The summed E-state index contributed by atoms with van der Waals surface area (Å²) in [6, 6.07) is 24.4. The van der Waals surface area contributed by atoms with E-state index in [1.807, 2.05) is 55.5 Å². The van der Waals surface area contributed by atoms with Gasteiger partial charge >= 0.3 is 0 Å². The van der Waals surface area contributed by atoms with Gasteiger partial charge in [-0.1, -0.05) is 71.7 Å². The fraction of sp³-hybridized carbons (Fsp3) is 0.467. The molecular formula is C45H58Cl2O15. The third-order valence-electron chi connectivity index (χ3n) is 10.2. The molecular weight excluding hydrogens is 851 g/mol. The Morgan fingerprint density at radius 1 is 0.516 bits per heavy atom. The maximum absolute atomic E-state index is 10.5. The first-order chi connectivity index (χ1) is 29.6. The van der Waals surface area contributed by atoms with Crippen molar-refractivity contribution >= 4 is 23.2 Å². The number of aliphatic hydroxyl groups is 12. The van der Waals surface area contributed by atoms with E-state index in [0.717, 1.165) is 35.5 Å². The molecule has 1 aliphatic carbocycles. The van der Waals surface area contributed by atoms with E-state index in [1.165, 1.54) is 12.1 Å². The number of halogens is 2. The number of rotatable bonds is 23. The maximum atomic E-state index is 10.5. The second-order valence-corrected chi connectivity index (χ2v) is 15.8. The standard InChI is InChI=1S/C24H31ClO8.C21H27ClO7/c25-19-8-3-15(21(28)23(30)24(31)22(29)20(27)13-26)12-16(19)11-14-1-4-17(5-2-14)32-9-10-33-18-6-7-18;1-2-29-15-6-3-12(4-7-15)9-14-10-13(5-8-16(14)22)18(25)20(27)21(28)19(26)17(24)11-23/h1-5,8,12,18,20-24,26-31H,6-7,9-11,13H2;3-8,10,17-21,23-28H,2,9,11H2,1H3/t20-,21?,22+,23-,24-;17-,18?,19+,20-,21-/m00/s1. The van der Waals surface area contributed by atoms with E-state index < -0.39 is 74.3 Å². The van der Waals surface area contributed by atoms with Crippen LogP contribution in [0.4, 0.5) is 0 Å². The molecule has 1 saturated carbocycles. The van der Waals surface area contributed by atoms with E-state index in [9.17, 15) is 51.1 Å². The Hall–Kier alpha value is -3.46. The number of ether oxygens (including phenoxy) is 3. The molecule has 0 aliphatic heterocycles. The molecule has 0 spiro atoms. The van der Waals surface area contributed by atoms with Gasteiger partial charge in [0.25, 0.3) is 0 Å². The van der Waals surface area contributed by atoms with Gasteiger partial charge in [-0.05, 0) is 102 Å². The quantitative estimate of drug-likeness (QED) is 0.0473. The molecule has 0 heterocycles. The van der Waals surface area contributed by atoms with E-state index in [1.54, 1.807) is 24.3 Å². The highest BCUT2D eigenvalue weighted by Crippen LogP contribution is 2.30. The minimum atomic E-state index is -1.87. The number of benzene rings is 4. The lowest BCUT2D eigenvalue weighted by atomic mass is 9.93. The van der Waals surface area contributed by atoms with Gasteiger partial charge in [0, 0.05) is 10.0 Å². The lowest BCUT2D eigenvalue weighted by Gasteiger charge is -2.28. The Kier molecular flexibility index (Phi) is 20.8. The van der Waals surface area contributed by atoms with Crippen molar-refractivity contribution in [3.05, 3.63) is 128 Å². The zero-order valence-corrected chi connectivity index (χ0v) is 35.7. The van der Waals surface area contributed by atoms with Crippen LogP contribution in [0, 0.1) is 0 Å². The first kappa shape index (κ1) is 51.2. The molecule has 1 aliphatic rings. The summed E-state index contributed by atoms with van der Waals surface area (Å²) in [5, 5.41) is 118. The Balaban J connectivity index is 0.000000275. The van der Waals surface area contributed by atoms with Gasteiger partial charge in [0.2, 0.25) is 0 Å². The van der Waals surface area contributed by atoms with Gasteiger partial charge in [0.1, 0.15) is 79.1 Å². The minimum absolute atomic E-state index is 0.280. The van der Waals surface area contributed by atoms with Gasteiger partial charge in [-0.25, -0.2) is 0 Å². The summed E-state index contributed by atoms with van der Waals surface area (Å²) in [7, 11) is 0. The average Bonchev–Trinajstić information content (AvgIpc) is 4.12. The predicted octanol–water partition coefficient (Wildman–Crippen LogP) is 1.76. The summed E-state index contributed by atoms with van der Waals surface area (Å²) in [4.78, 5) is 0. The lowest BCUT2D eigenvalue weighted by molar-refractivity contribution is -0.141. The van der Waals surface area contributed by atoms with Crippen molar-refractivity contribution in [3.8, 4) is 11.5 Å². The molecule has 62 heavy (non-hydrogen) atoms. The molecule has 342 valence electrons. The van der Waals surface area contributed by atoms with E-state index in [0.29, 0.717) is 59.9 Å². The minimum Gasteiger partial charge on any atom is -0.494 e. The zero-order chi connectivity index (χ0) is 45.5. The molecule has 2 unspecified atom stereocenters. The molecule has 0 saturated heterocycles. The van der Waals surface area contributed by atoms with Gasteiger partial charge in [-0.15, -0.1) is 0 Å². The van der Waals surface area contributed by atoms with Crippen LogP contribution in [-0.4, -0.2) is 149 Å². The number of hydrogen-bond donors (Lipinski definition) is 12. The van der Waals surface area contributed by atoms with Crippen molar-refractivity contribution in [3.63, 3.8) is 0 Å². The van der Waals surface area contributed by atoms with Crippen LogP contribution in [0.2, 0.25) is 10.0 Å². The largest absolute Gasteiger partial charge is 0.494 e. The summed E-state index contributed by atoms with van der Waals surface area (Å²) in [6.45, 7) is 1.93. The van der Waals surface area contributed by atoms with Crippen molar-refractivity contribution < 1.29 is 75.5 Å². The Bertz CT molecular complexity index is 1920. The maximum Gasteiger partial charge on any atom is 0.119 e. The molecule has 0 aromatic heterocycles. The van der Waals surface area contributed by atoms with Crippen molar-refractivity contribution in [2.45, 2.75) is 99.8 Å². The first-order valence-electron chi connectivity index (χ1n) is 20.2. The van der Waals surface area contributed by atoms with E-state index in [-0.39, 0.29) is 11.1 Å². The highest BCUT2D eigenvalue weighted by molar-refractivity contribution is 6.31. The average molecular weight is 910 g/mol. The summed E-state index contributed by atoms with van der Waals surface area (Å²) in [5.41, 5.74) is 3.87. The predicted molar refractivity (Wildman–Crippen MR) is 229 cm³/mol. The van der Waals surface area contributed by atoms with Crippen LogP contribution in [0.1, 0.15) is 65.4 Å². The van der Waals surface area contributed by atoms with Gasteiger partial charge < -0.3 is 75.5 Å². The zero-order valence-electron chi connectivity index (χ0n) is 34.1. The molecule has 4 aromatic rings. The second-order valence-electron chi connectivity index (χ2n) is 15.0. The van der Waals surface area contributed by atoms with E-state index >= 15 is 0 Å². The topological polar surface area (TPSA) is 270 Å². The van der Waals surface area contributed by atoms with Gasteiger partial charge in [-0.3, -0.25) is 0 Å². The molecule has 17 heteroatoms. The van der Waals surface area contributed by atoms with Gasteiger partial charge in [0.05, 0.1) is 32.5 Å². The van der Waals surface area contributed by atoms with Crippen LogP contribution in [-0.2, 0) is 17.6 Å². The molecule has 4 aromatic carbocycles. The van der Waals surface area contributed by atoms with Crippen LogP contribution < -0.4 is 9.47 Å². The van der Waals surface area contributed by atoms with E-state index in [2.05, 4.69) is 0 Å². The van der Waals surface area contributed by atoms with Gasteiger partial charge in [0.15, 0.2) is 0 Å². The molecule has 10 atom stereocenters. The number of aliphatic hydroxyl groups excluding tert-OH is 12. The molecule has 5 rings (SSSR count). The van der Waals surface area contributed by atoms with E-state index in [4.69, 9.17) is 47.6 Å². The third-order valence-corrected chi connectivity index (χ3v) is 10.9. The molecule has 0 bridgehead atoms. The van der Waals surface area contributed by atoms with Crippen LogP contribution in [0.25, 0.3) is 0 Å². The highest BCUT2D eigenvalue weighted by atomic mass is 35.5. The molecule has 0 amide bonds. The Morgan fingerprint density at radius 2 is 0.919 bits per heavy atom. The Morgan fingerprint density at radius 3 is 1.29 bits per heavy atom. The number of hydrogen-bond acceptors (Lipinski definition) is 15. The third kappa shape index (κ3) is 15.1. The highest BCUT2D eigenvalue weighted by Gasteiger charge is 2.36. The monoisotopic (exact) mass is 908 g/mol. The first-order valence-corrected chi connectivity index (χ1v) is 21.0. The van der Waals surface area contributed by atoms with Crippen LogP contribution in [0.3, 0.4) is 0 Å². The summed E-state index contributed by atoms with van der Waals surface area (Å²) in [5.74, 6) is 1.49. The molecule has 1 fully saturated rings. The fourth-order valence-corrected chi connectivity index (χ4v) is 6.66. The van der Waals surface area contributed by atoms with Crippen LogP contribution in [0.15, 0.2) is 84.9 Å². The van der Waals surface area contributed by atoms with Crippen molar-refractivity contribution in [1.82, 2.24) is 0 Å². The summed E-state index contributed by atoms with van der Waals surface area (Å²) >= 11 is 12.6. The van der Waals surface area contributed by atoms with Crippen molar-refractivity contribution in [2.75, 3.05) is 33.0 Å². The molecule has 15 nitrogen and oxygen atoms in total. The lowest BCUT2D eigenvalue weighted by Crippen LogP contribution is -2.47. The Labute approximate surface area is 370 Å². The summed E-state index contributed by atoms with van der Waals surface area (Å²) in [6.07, 6.45) is -13.8. The molecule has 0 radical (unpaired) electrons. The van der Waals surface area contributed by atoms with Crippen molar-refractivity contribution in [2.24, 2.45) is 0 Å².